The summed E-state index contributed by atoms with van der Waals surface area (Å²) in [6, 6.07) is 17.7. The lowest BCUT2D eigenvalue weighted by atomic mass is 10.2. The third kappa shape index (κ3) is 4.83. The molecule has 7 nitrogen and oxygen atoms in total. The van der Waals surface area contributed by atoms with Crippen LogP contribution < -0.4 is 10.9 Å². The second-order valence-electron chi connectivity index (χ2n) is 7.74. The van der Waals surface area contributed by atoms with E-state index in [1.807, 2.05) is 47.0 Å². The van der Waals surface area contributed by atoms with E-state index in [0.717, 1.165) is 25.0 Å². The lowest BCUT2D eigenvalue weighted by Gasteiger charge is -2.17. The van der Waals surface area contributed by atoms with Crippen LogP contribution in [0.3, 0.4) is 0 Å². The molecule has 1 amide bonds. The predicted molar refractivity (Wildman–Crippen MR) is 122 cm³/mol. The minimum atomic E-state index is -0.133. The Balaban J connectivity index is 1.29. The first-order valence-corrected chi connectivity index (χ1v) is 10.6. The van der Waals surface area contributed by atoms with E-state index in [0.29, 0.717) is 24.3 Å². The van der Waals surface area contributed by atoms with Gasteiger partial charge >= 0.3 is 0 Å². The normalized spacial score (nSPS) is 11.4. The zero-order valence-corrected chi connectivity index (χ0v) is 17.7. The number of amides is 1. The Hall–Kier alpha value is -3.45. The van der Waals surface area contributed by atoms with Crippen LogP contribution in [-0.2, 0) is 17.9 Å². The number of benzene rings is 1. The number of aryl methyl sites for hydroxylation is 1. The van der Waals surface area contributed by atoms with Gasteiger partial charge in [-0.3, -0.25) is 14.2 Å². The summed E-state index contributed by atoms with van der Waals surface area (Å²) < 4.78 is 3.44. The standard InChI is InChI=1S/C24H27N5O2/c1-27(18-19-8-3-2-4-9-19)15-7-14-25-22(30)12-17-29-23-20(10-5-13-26-23)28-16-6-11-21(28)24(29)31/h2-6,8-11,13,16H,7,12,14-15,17-18H2,1H3,(H,25,30). The molecule has 4 rings (SSSR count). The number of carbonyl (C=O) groups excluding carboxylic acids is 1. The molecule has 0 spiro atoms. The van der Waals surface area contributed by atoms with Gasteiger partial charge in [-0.1, -0.05) is 30.3 Å². The van der Waals surface area contributed by atoms with Crippen LogP contribution in [0, 0.1) is 0 Å². The van der Waals surface area contributed by atoms with Crippen molar-refractivity contribution in [1.29, 1.82) is 0 Å². The maximum atomic E-state index is 12.9. The van der Waals surface area contributed by atoms with Crippen LogP contribution in [0.4, 0.5) is 0 Å². The van der Waals surface area contributed by atoms with Crippen molar-refractivity contribution in [1.82, 2.24) is 24.2 Å². The van der Waals surface area contributed by atoms with Gasteiger partial charge in [0.2, 0.25) is 5.91 Å². The van der Waals surface area contributed by atoms with Crippen LogP contribution in [0.15, 0.2) is 71.8 Å². The second-order valence-corrected chi connectivity index (χ2v) is 7.74. The largest absolute Gasteiger partial charge is 0.356 e. The molecule has 0 aliphatic carbocycles. The molecule has 1 aromatic carbocycles. The number of hydrogen-bond donors (Lipinski definition) is 1. The molecule has 0 saturated heterocycles. The molecule has 160 valence electrons. The number of carbonyl (C=O) groups is 1. The van der Waals surface area contributed by atoms with E-state index in [-0.39, 0.29) is 17.9 Å². The number of nitrogens with one attached hydrogen (secondary N) is 1. The average molecular weight is 418 g/mol. The molecule has 0 unspecified atom stereocenters. The highest BCUT2D eigenvalue weighted by Gasteiger charge is 2.12. The van der Waals surface area contributed by atoms with E-state index in [2.05, 4.69) is 34.4 Å². The second kappa shape index (κ2) is 9.57. The summed E-state index contributed by atoms with van der Waals surface area (Å²) in [7, 11) is 2.08. The molecule has 0 atom stereocenters. The smallest absolute Gasteiger partial charge is 0.276 e. The zero-order valence-electron chi connectivity index (χ0n) is 17.7. The van der Waals surface area contributed by atoms with Crippen molar-refractivity contribution in [3.05, 3.63) is 82.9 Å². The minimum absolute atomic E-state index is 0.0584. The summed E-state index contributed by atoms with van der Waals surface area (Å²) in [5, 5.41) is 2.97. The fourth-order valence-electron chi connectivity index (χ4n) is 3.84. The molecule has 3 aromatic heterocycles. The molecule has 0 saturated carbocycles. The number of pyridine rings is 1. The maximum Gasteiger partial charge on any atom is 0.276 e. The fourth-order valence-corrected chi connectivity index (χ4v) is 3.84. The Morgan fingerprint density at radius 3 is 2.71 bits per heavy atom. The number of nitrogens with zero attached hydrogens (tertiary/aromatic N) is 4. The van der Waals surface area contributed by atoms with E-state index < -0.39 is 0 Å². The molecule has 0 radical (unpaired) electrons. The molecule has 7 heteroatoms. The summed E-state index contributed by atoms with van der Waals surface area (Å²) in [5.41, 5.74) is 3.17. The van der Waals surface area contributed by atoms with Crippen molar-refractivity contribution in [2.24, 2.45) is 0 Å². The highest BCUT2D eigenvalue weighted by Crippen LogP contribution is 2.13. The monoisotopic (exact) mass is 417 g/mol. The molecular formula is C24H27N5O2. The third-order valence-corrected chi connectivity index (χ3v) is 5.39. The summed E-state index contributed by atoms with van der Waals surface area (Å²) in [6.45, 7) is 2.70. The van der Waals surface area contributed by atoms with Crippen LogP contribution >= 0.6 is 0 Å². The predicted octanol–water partition coefficient (Wildman–Crippen LogP) is 2.68. The average Bonchev–Trinajstić information content (AvgIpc) is 3.28. The molecule has 0 aliphatic heterocycles. The van der Waals surface area contributed by atoms with E-state index >= 15 is 0 Å². The Bertz CT molecular complexity index is 1230. The van der Waals surface area contributed by atoms with Crippen molar-refractivity contribution in [2.75, 3.05) is 20.1 Å². The van der Waals surface area contributed by atoms with Gasteiger partial charge in [0.25, 0.3) is 5.56 Å². The lowest BCUT2D eigenvalue weighted by Crippen LogP contribution is -2.30. The van der Waals surface area contributed by atoms with Crippen LogP contribution in [-0.4, -0.2) is 44.9 Å². The van der Waals surface area contributed by atoms with Crippen LogP contribution in [0.2, 0.25) is 0 Å². The first-order valence-electron chi connectivity index (χ1n) is 10.6. The van der Waals surface area contributed by atoms with Gasteiger partial charge in [-0.2, -0.15) is 0 Å². The van der Waals surface area contributed by atoms with Gasteiger partial charge in [-0.15, -0.1) is 0 Å². The summed E-state index contributed by atoms with van der Waals surface area (Å²) in [4.78, 5) is 31.8. The fraction of sp³-hybridized carbons (Fsp3) is 0.292. The Labute approximate surface area is 180 Å². The topological polar surface area (TPSA) is 71.6 Å². The van der Waals surface area contributed by atoms with E-state index in [1.54, 1.807) is 16.8 Å². The number of rotatable bonds is 9. The first-order chi connectivity index (χ1) is 15.1. The Morgan fingerprint density at radius 1 is 1.06 bits per heavy atom. The molecule has 3 heterocycles. The molecule has 0 bridgehead atoms. The van der Waals surface area contributed by atoms with Crippen molar-refractivity contribution in [3.63, 3.8) is 0 Å². The SMILES string of the molecule is CN(CCCNC(=O)CCn1c(=O)c2cccn2c2cccnc21)Cc1ccccc1. The number of aromatic nitrogens is 3. The van der Waals surface area contributed by atoms with Gasteiger partial charge in [0, 0.05) is 38.4 Å². The van der Waals surface area contributed by atoms with Crippen molar-refractivity contribution < 1.29 is 4.79 Å². The zero-order chi connectivity index (χ0) is 21.6. The quantitative estimate of drug-likeness (QED) is 0.425. The van der Waals surface area contributed by atoms with Crippen LogP contribution in [0.5, 0.6) is 0 Å². The molecule has 0 aliphatic rings. The highest BCUT2D eigenvalue weighted by atomic mass is 16.2. The van der Waals surface area contributed by atoms with Gasteiger partial charge in [-0.05, 0) is 49.8 Å². The first kappa shape index (κ1) is 20.8. The number of hydrogen-bond acceptors (Lipinski definition) is 4. The molecule has 31 heavy (non-hydrogen) atoms. The van der Waals surface area contributed by atoms with E-state index in [4.69, 9.17) is 0 Å². The summed E-state index contributed by atoms with van der Waals surface area (Å²) in [5.74, 6) is -0.0584. The van der Waals surface area contributed by atoms with Gasteiger partial charge < -0.3 is 14.6 Å². The van der Waals surface area contributed by atoms with Gasteiger partial charge in [-0.25, -0.2) is 4.98 Å². The van der Waals surface area contributed by atoms with Gasteiger partial charge in [0.15, 0.2) is 5.65 Å². The summed E-state index contributed by atoms with van der Waals surface area (Å²) >= 11 is 0. The van der Waals surface area contributed by atoms with Crippen molar-refractivity contribution in [3.8, 4) is 0 Å². The van der Waals surface area contributed by atoms with Crippen LogP contribution in [0.1, 0.15) is 18.4 Å². The van der Waals surface area contributed by atoms with Crippen LogP contribution in [0.25, 0.3) is 16.7 Å². The van der Waals surface area contributed by atoms with E-state index in [1.165, 1.54) is 5.56 Å². The van der Waals surface area contributed by atoms with Crippen molar-refractivity contribution >= 4 is 22.6 Å². The summed E-state index contributed by atoms with van der Waals surface area (Å²) in [6.07, 6.45) is 4.63. The third-order valence-electron chi connectivity index (χ3n) is 5.39. The van der Waals surface area contributed by atoms with E-state index in [9.17, 15) is 9.59 Å². The Morgan fingerprint density at radius 2 is 1.87 bits per heavy atom. The van der Waals surface area contributed by atoms with Gasteiger partial charge in [0.1, 0.15) is 5.52 Å². The maximum absolute atomic E-state index is 12.9. The lowest BCUT2D eigenvalue weighted by molar-refractivity contribution is -0.121. The molecular weight excluding hydrogens is 390 g/mol. The minimum Gasteiger partial charge on any atom is -0.356 e. The number of fused-ring (bicyclic) bond motifs is 3. The molecule has 4 aromatic rings. The van der Waals surface area contributed by atoms with Crippen molar-refractivity contribution in [2.45, 2.75) is 25.9 Å². The highest BCUT2D eigenvalue weighted by molar-refractivity contribution is 5.77. The van der Waals surface area contributed by atoms with Gasteiger partial charge in [0.05, 0.1) is 5.52 Å². The molecule has 0 fully saturated rings. The molecule has 1 N–H and O–H groups in total. The Kier molecular flexibility index (Phi) is 6.43.